The van der Waals surface area contributed by atoms with Gasteiger partial charge >= 0.3 is 17.9 Å². The van der Waals surface area contributed by atoms with Crippen LogP contribution < -0.4 is 20.7 Å². The topological polar surface area (TPSA) is 160 Å². The van der Waals surface area contributed by atoms with E-state index in [1.165, 1.54) is 0 Å². The van der Waals surface area contributed by atoms with Crippen LogP contribution in [0.1, 0.15) is 59.5 Å². The molecule has 4 saturated heterocycles. The molecule has 0 radical (unpaired) electrons. The van der Waals surface area contributed by atoms with Crippen molar-refractivity contribution in [3.05, 3.63) is 101 Å². The minimum absolute atomic E-state index is 0.0100. The van der Waals surface area contributed by atoms with E-state index in [-0.39, 0.29) is 29.9 Å². The second-order valence-electron chi connectivity index (χ2n) is 16.3. The van der Waals surface area contributed by atoms with Gasteiger partial charge in [0.25, 0.3) is 0 Å². The summed E-state index contributed by atoms with van der Waals surface area (Å²) in [6, 6.07) is 24.6. The van der Waals surface area contributed by atoms with E-state index in [1.807, 2.05) is 48.5 Å². The number of rotatable bonds is 17. The highest BCUT2D eigenvalue weighted by Gasteiger charge is 2.37. The molecule has 0 amide bonds. The van der Waals surface area contributed by atoms with Crippen LogP contribution in [0.5, 0.6) is 5.75 Å². The Bertz CT molecular complexity index is 1780. The van der Waals surface area contributed by atoms with Crippen molar-refractivity contribution in [3.63, 3.8) is 0 Å². The molecule has 4 fully saturated rings. The zero-order chi connectivity index (χ0) is 38.3. The fourth-order valence-corrected chi connectivity index (χ4v) is 9.61. The quantitative estimate of drug-likeness (QED) is 0.114. The molecule has 3 aromatic rings. The second-order valence-corrected chi connectivity index (χ2v) is 16.3. The summed E-state index contributed by atoms with van der Waals surface area (Å²) in [4.78, 5) is 39.3. The molecule has 4 aliphatic rings. The maximum absolute atomic E-state index is 12.4. The summed E-state index contributed by atoms with van der Waals surface area (Å²) in [5, 5.41) is 40.2. The summed E-state index contributed by atoms with van der Waals surface area (Å²) in [6.45, 7) is 6.05. The lowest BCUT2D eigenvalue weighted by atomic mass is 9.85. The molecular formula is C44H56N4O7. The van der Waals surface area contributed by atoms with Crippen molar-refractivity contribution in [1.29, 1.82) is 0 Å². The van der Waals surface area contributed by atoms with E-state index in [9.17, 15) is 29.7 Å². The van der Waals surface area contributed by atoms with Gasteiger partial charge in [-0.2, -0.15) is 0 Å². The molecule has 7 rings (SSSR count). The molecule has 0 aromatic heterocycles. The Labute approximate surface area is 323 Å². The Morgan fingerprint density at radius 3 is 1.62 bits per heavy atom. The van der Waals surface area contributed by atoms with Gasteiger partial charge in [0.2, 0.25) is 0 Å². The highest BCUT2D eigenvalue weighted by atomic mass is 16.5. The van der Waals surface area contributed by atoms with Crippen molar-refractivity contribution in [2.75, 3.05) is 45.8 Å². The Morgan fingerprint density at radius 1 is 0.636 bits per heavy atom. The molecule has 294 valence electrons. The first-order chi connectivity index (χ1) is 26.7. The third kappa shape index (κ3) is 9.94. The van der Waals surface area contributed by atoms with Crippen LogP contribution in [0.2, 0.25) is 0 Å². The van der Waals surface area contributed by atoms with E-state index in [1.54, 1.807) is 0 Å². The maximum atomic E-state index is 12.4. The number of likely N-dealkylation sites (tertiary alicyclic amines) is 1. The minimum Gasteiger partial charge on any atom is -0.489 e. The van der Waals surface area contributed by atoms with Crippen molar-refractivity contribution < 1.29 is 34.4 Å². The van der Waals surface area contributed by atoms with E-state index in [0.29, 0.717) is 32.4 Å². The predicted octanol–water partition coefficient (Wildman–Crippen LogP) is 4.64. The van der Waals surface area contributed by atoms with Gasteiger partial charge in [-0.15, -0.1) is 0 Å². The Hall–Kier alpha value is -4.29. The van der Waals surface area contributed by atoms with Crippen LogP contribution >= 0.6 is 0 Å². The molecule has 8 atom stereocenters. The zero-order valence-electron chi connectivity index (χ0n) is 31.6. The van der Waals surface area contributed by atoms with E-state index in [4.69, 9.17) is 4.74 Å². The largest absolute Gasteiger partial charge is 0.489 e. The first-order valence-electron chi connectivity index (χ1n) is 20.2. The average Bonchev–Trinajstić information content (AvgIpc) is 4.02. The van der Waals surface area contributed by atoms with Crippen molar-refractivity contribution in [2.45, 2.75) is 63.6 Å². The summed E-state index contributed by atoms with van der Waals surface area (Å²) >= 11 is 0. The highest BCUT2D eigenvalue weighted by Crippen LogP contribution is 2.37. The van der Waals surface area contributed by atoms with Crippen LogP contribution in [0.15, 0.2) is 72.8 Å². The highest BCUT2D eigenvalue weighted by molar-refractivity contribution is 5.72. The monoisotopic (exact) mass is 752 g/mol. The van der Waals surface area contributed by atoms with E-state index in [2.05, 4.69) is 45.1 Å². The summed E-state index contributed by atoms with van der Waals surface area (Å²) in [5.41, 5.74) is 5.22. The summed E-state index contributed by atoms with van der Waals surface area (Å²) < 4.78 is 6.70. The number of carboxylic acids is 3. The van der Waals surface area contributed by atoms with Crippen LogP contribution in [0, 0.1) is 35.5 Å². The van der Waals surface area contributed by atoms with Crippen LogP contribution in [-0.2, 0) is 40.2 Å². The number of nitrogens with zero attached hydrogens (tertiary/aromatic N) is 1. The van der Waals surface area contributed by atoms with Crippen molar-refractivity contribution in [3.8, 4) is 5.75 Å². The first-order valence-corrected chi connectivity index (χ1v) is 20.2. The zero-order valence-corrected chi connectivity index (χ0v) is 31.6. The van der Waals surface area contributed by atoms with Gasteiger partial charge < -0.3 is 36.0 Å². The molecule has 0 aliphatic carbocycles. The SMILES string of the molecule is O=C(O)[C@@H](Cc1cccc(CN2C[C@@H](Oc3cccc(C[C@H](C(=O)O)[C@H]4CCNC4)c3)C[C@@H]2c2cccc(C[C@H](C(=O)O)[C@H]3CCNC3)c2)c1)[C@H]1CCNC1. The lowest BCUT2D eigenvalue weighted by molar-refractivity contribution is -0.144. The smallest absolute Gasteiger partial charge is 0.307 e. The number of aliphatic carboxylic acids is 3. The average molecular weight is 753 g/mol. The number of nitrogens with one attached hydrogen (secondary N) is 3. The standard InChI is InChI=1S/C44H56N4O7/c49-42(50)38(33-10-13-45-23-33)19-28-4-1-7-31(16-28)26-48-27-37(55-36-9-3-6-30(18-36)21-40(44(53)54)35-12-15-47-25-35)22-41(48)32-8-2-5-29(17-32)20-39(43(51)52)34-11-14-46-24-34/h1-9,16-18,33-35,37-41,45-47H,10-15,19-27H2,(H,49,50)(H,51,52)(H,53,54)/t33-,34-,35-,37-,38-,39-,40-,41+/m0/s1. The van der Waals surface area contributed by atoms with E-state index < -0.39 is 35.7 Å². The Morgan fingerprint density at radius 2 is 1.11 bits per heavy atom. The van der Waals surface area contributed by atoms with Gasteiger partial charge in [-0.05, 0) is 135 Å². The summed E-state index contributed by atoms with van der Waals surface area (Å²) in [7, 11) is 0. The van der Waals surface area contributed by atoms with Crippen LogP contribution in [-0.4, -0.2) is 90.0 Å². The number of carbonyl (C=O) groups is 3. The van der Waals surface area contributed by atoms with Gasteiger partial charge in [0.05, 0.1) is 17.8 Å². The van der Waals surface area contributed by atoms with Gasteiger partial charge in [0.15, 0.2) is 0 Å². The summed E-state index contributed by atoms with van der Waals surface area (Å²) in [5.74, 6) is -2.53. The van der Waals surface area contributed by atoms with Gasteiger partial charge in [0, 0.05) is 25.6 Å². The number of benzene rings is 3. The van der Waals surface area contributed by atoms with E-state index >= 15 is 0 Å². The Balaban J connectivity index is 1.11. The second kappa shape index (κ2) is 18.1. The van der Waals surface area contributed by atoms with Gasteiger partial charge in [0.1, 0.15) is 11.9 Å². The lowest BCUT2D eigenvalue weighted by Crippen LogP contribution is -2.28. The first kappa shape index (κ1) is 39.0. The molecule has 4 aliphatic heterocycles. The van der Waals surface area contributed by atoms with Gasteiger partial charge in [-0.3, -0.25) is 19.3 Å². The minimum atomic E-state index is -0.760. The molecule has 0 bridgehead atoms. The van der Waals surface area contributed by atoms with Crippen molar-refractivity contribution >= 4 is 17.9 Å². The third-order valence-electron chi connectivity index (χ3n) is 12.6. The molecule has 55 heavy (non-hydrogen) atoms. The molecular weight excluding hydrogens is 697 g/mol. The number of ether oxygens (including phenoxy) is 1. The maximum Gasteiger partial charge on any atom is 0.307 e. The van der Waals surface area contributed by atoms with Gasteiger partial charge in [-0.1, -0.05) is 60.7 Å². The molecule has 11 heteroatoms. The fourth-order valence-electron chi connectivity index (χ4n) is 9.61. The van der Waals surface area contributed by atoms with Crippen LogP contribution in [0.25, 0.3) is 0 Å². The van der Waals surface area contributed by atoms with Crippen molar-refractivity contribution in [2.24, 2.45) is 35.5 Å². The summed E-state index contributed by atoms with van der Waals surface area (Å²) in [6.07, 6.45) is 4.62. The normalized spacial score (nSPS) is 25.8. The molecule has 11 nitrogen and oxygen atoms in total. The lowest BCUT2D eigenvalue weighted by Gasteiger charge is -2.26. The fraction of sp³-hybridized carbons (Fsp3) is 0.523. The van der Waals surface area contributed by atoms with Crippen molar-refractivity contribution in [1.82, 2.24) is 20.9 Å². The molecule has 4 heterocycles. The molecule has 0 spiro atoms. The van der Waals surface area contributed by atoms with Gasteiger partial charge in [-0.25, -0.2) is 0 Å². The molecule has 3 aromatic carbocycles. The predicted molar refractivity (Wildman–Crippen MR) is 209 cm³/mol. The number of hydrogen-bond acceptors (Lipinski definition) is 8. The van der Waals surface area contributed by atoms with Crippen LogP contribution in [0.4, 0.5) is 0 Å². The molecule has 0 unspecified atom stereocenters. The number of hydrogen-bond donors (Lipinski definition) is 6. The van der Waals surface area contributed by atoms with E-state index in [0.717, 1.165) is 98.5 Å². The molecule has 0 saturated carbocycles. The number of carboxylic acid groups (broad SMARTS) is 3. The Kier molecular flexibility index (Phi) is 12.8. The van der Waals surface area contributed by atoms with Crippen LogP contribution in [0.3, 0.4) is 0 Å². The molecule has 6 N–H and O–H groups in total. The third-order valence-corrected chi connectivity index (χ3v) is 12.6.